The summed E-state index contributed by atoms with van der Waals surface area (Å²) in [4.78, 5) is 3.88. The monoisotopic (exact) mass is 215 g/mol. The molecule has 86 valence electrons. The predicted octanol–water partition coefficient (Wildman–Crippen LogP) is 4.47. The lowest BCUT2D eigenvalue weighted by Gasteiger charge is -1.90. The molecule has 0 amide bonds. The lowest BCUT2D eigenvalue weighted by molar-refractivity contribution is 1.14. The normalized spacial score (nSPS) is 10.8. The Bertz CT molecular complexity index is 334. The number of aryl methyl sites for hydroxylation is 1. The van der Waals surface area contributed by atoms with Crippen molar-refractivity contribution in [2.45, 2.75) is 27.2 Å². The zero-order valence-electron chi connectivity index (χ0n) is 10.5. The second kappa shape index (κ2) is 9.91. The Morgan fingerprint density at radius 3 is 2.56 bits per heavy atom. The maximum atomic E-state index is 3.88. The van der Waals surface area contributed by atoms with Gasteiger partial charge >= 0.3 is 0 Å². The summed E-state index contributed by atoms with van der Waals surface area (Å²) in [5.74, 6) is 0. The summed E-state index contributed by atoms with van der Waals surface area (Å²) in [7, 11) is 0. The van der Waals surface area contributed by atoms with Crippen LogP contribution in [0.5, 0.6) is 0 Å². The average molecular weight is 215 g/mol. The fraction of sp³-hybridized carbons (Fsp3) is 0.267. The molecule has 1 rings (SSSR count). The topological polar surface area (TPSA) is 12.9 Å². The van der Waals surface area contributed by atoms with Crippen LogP contribution in [0, 0.1) is 6.92 Å². The fourth-order valence-electron chi connectivity index (χ4n) is 1.06. The van der Waals surface area contributed by atoms with Crippen molar-refractivity contribution < 1.29 is 0 Å². The highest BCUT2D eigenvalue weighted by molar-refractivity contribution is 5.20. The van der Waals surface area contributed by atoms with Gasteiger partial charge in [-0.2, -0.15) is 0 Å². The van der Waals surface area contributed by atoms with Gasteiger partial charge in [0.1, 0.15) is 0 Å². The van der Waals surface area contributed by atoms with Crippen LogP contribution in [-0.2, 0) is 0 Å². The van der Waals surface area contributed by atoms with Crippen LogP contribution in [0.25, 0.3) is 0 Å². The predicted molar refractivity (Wildman–Crippen MR) is 72.4 cm³/mol. The fourth-order valence-corrected chi connectivity index (χ4v) is 1.06. The lowest BCUT2D eigenvalue weighted by atomic mass is 10.2. The van der Waals surface area contributed by atoms with Gasteiger partial charge in [-0.3, -0.25) is 4.98 Å². The van der Waals surface area contributed by atoms with Crippen molar-refractivity contribution in [2.24, 2.45) is 0 Å². The van der Waals surface area contributed by atoms with E-state index in [-0.39, 0.29) is 0 Å². The molecule has 1 aromatic rings. The van der Waals surface area contributed by atoms with E-state index in [2.05, 4.69) is 30.6 Å². The molecule has 0 aliphatic carbocycles. The van der Waals surface area contributed by atoms with E-state index in [1.54, 1.807) is 12.3 Å². The summed E-state index contributed by atoms with van der Waals surface area (Å²) in [6, 6.07) is 3.95. The third-order valence-corrected chi connectivity index (χ3v) is 2.03. The van der Waals surface area contributed by atoms with Crippen LogP contribution < -0.4 is 0 Å². The molecule has 0 fully saturated rings. The van der Waals surface area contributed by atoms with E-state index in [1.807, 2.05) is 38.3 Å². The Morgan fingerprint density at radius 1 is 1.50 bits per heavy atom. The van der Waals surface area contributed by atoms with E-state index in [1.165, 1.54) is 11.1 Å². The summed E-state index contributed by atoms with van der Waals surface area (Å²) >= 11 is 0. The number of rotatable bonds is 3. The van der Waals surface area contributed by atoms with Gasteiger partial charge in [-0.1, -0.05) is 49.4 Å². The summed E-state index contributed by atoms with van der Waals surface area (Å²) in [6.07, 6.45) is 12.6. The maximum Gasteiger partial charge on any atom is 0.0297 e. The Labute approximate surface area is 99.2 Å². The summed E-state index contributed by atoms with van der Waals surface area (Å²) < 4.78 is 0. The van der Waals surface area contributed by atoms with Gasteiger partial charge in [0.05, 0.1) is 0 Å². The summed E-state index contributed by atoms with van der Waals surface area (Å²) in [6.45, 7) is 9.80. The number of hydrogen-bond donors (Lipinski definition) is 0. The Balaban J connectivity index is 0.000000288. The van der Waals surface area contributed by atoms with Gasteiger partial charge in [-0.05, 0) is 31.9 Å². The quantitative estimate of drug-likeness (QED) is 0.678. The SMILES string of the molecule is C=C/C=C\C(=C/C)CC.Cc1cccnc1. The minimum absolute atomic E-state index is 1.10. The van der Waals surface area contributed by atoms with Gasteiger partial charge in [-0.15, -0.1) is 0 Å². The molecule has 0 aliphatic heterocycles. The first-order chi connectivity index (χ1) is 7.74. The van der Waals surface area contributed by atoms with Crippen LogP contribution in [0.15, 0.2) is 61.0 Å². The molecule has 0 radical (unpaired) electrons. The van der Waals surface area contributed by atoms with Crippen molar-refractivity contribution >= 4 is 0 Å². The molecule has 0 saturated heterocycles. The van der Waals surface area contributed by atoms with Gasteiger partial charge < -0.3 is 0 Å². The number of nitrogens with zero attached hydrogens (tertiary/aromatic N) is 1. The molecular formula is C15H21N. The van der Waals surface area contributed by atoms with E-state index in [0.717, 1.165) is 6.42 Å². The first-order valence-electron chi connectivity index (χ1n) is 5.55. The van der Waals surface area contributed by atoms with Crippen LogP contribution in [0.3, 0.4) is 0 Å². The minimum Gasteiger partial charge on any atom is -0.264 e. The molecule has 0 spiro atoms. The molecule has 0 N–H and O–H groups in total. The highest BCUT2D eigenvalue weighted by Crippen LogP contribution is 2.00. The first-order valence-corrected chi connectivity index (χ1v) is 5.55. The number of hydrogen-bond acceptors (Lipinski definition) is 1. The van der Waals surface area contributed by atoms with Crippen molar-refractivity contribution in [1.29, 1.82) is 0 Å². The molecule has 1 heteroatoms. The molecule has 16 heavy (non-hydrogen) atoms. The van der Waals surface area contributed by atoms with Crippen molar-refractivity contribution in [3.8, 4) is 0 Å². The average Bonchev–Trinajstić information content (AvgIpc) is 2.32. The highest BCUT2D eigenvalue weighted by Gasteiger charge is 1.80. The minimum atomic E-state index is 1.10. The molecule has 0 bridgehead atoms. The second-order valence-electron chi connectivity index (χ2n) is 3.34. The molecule has 0 aliphatic rings. The molecule has 0 saturated carbocycles. The third-order valence-electron chi connectivity index (χ3n) is 2.03. The van der Waals surface area contributed by atoms with E-state index < -0.39 is 0 Å². The van der Waals surface area contributed by atoms with Gasteiger partial charge in [0.2, 0.25) is 0 Å². The third kappa shape index (κ3) is 7.74. The number of pyridine rings is 1. The van der Waals surface area contributed by atoms with E-state index in [0.29, 0.717) is 0 Å². The van der Waals surface area contributed by atoms with Gasteiger partial charge in [0.15, 0.2) is 0 Å². The van der Waals surface area contributed by atoms with E-state index >= 15 is 0 Å². The van der Waals surface area contributed by atoms with Crippen molar-refractivity contribution in [2.75, 3.05) is 0 Å². The van der Waals surface area contributed by atoms with E-state index in [4.69, 9.17) is 0 Å². The molecule has 0 atom stereocenters. The number of allylic oxidation sites excluding steroid dienone is 5. The summed E-state index contributed by atoms with van der Waals surface area (Å²) in [5.41, 5.74) is 2.57. The number of aromatic nitrogens is 1. The van der Waals surface area contributed by atoms with Crippen LogP contribution >= 0.6 is 0 Å². The maximum absolute atomic E-state index is 3.88. The van der Waals surface area contributed by atoms with Crippen LogP contribution in [0.1, 0.15) is 25.8 Å². The first kappa shape index (κ1) is 14.4. The summed E-state index contributed by atoms with van der Waals surface area (Å²) in [5, 5.41) is 0. The largest absolute Gasteiger partial charge is 0.264 e. The van der Waals surface area contributed by atoms with Crippen molar-refractivity contribution in [3.63, 3.8) is 0 Å². The Hall–Kier alpha value is -1.63. The molecule has 0 unspecified atom stereocenters. The standard InChI is InChI=1S/C9H14.C6H7N/c1-4-7-8-9(5-2)6-3;1-6-3-2-4-7-5-6/h4-5,7-8H,1,6H2,2-3H3;2-5H,1H3/b8-7-,9-5-;. The van der Waals surface area contributed by atoms with Gasteiger partial charge in [-0.25, -0.2) is 0 Å². The Morgan fingerprint density at radius 2 is 2.25 bits per heavy atom. The molecule has 1 heterocycles. The van der Waals surface area contributed by atoms with Crippen LogP contribution in [0.2, 0.25) is 0 Å². The van der Waals surface area contributed by atoms with Gasteiger partial charge in [0.25, 0.3) is 0 Å². The highest BCUT2D eigenvalue weighted by atomic mass is 14.6. The molecule has 1 nitrogen and oxygen atoms in total. The molecular weight excluding hydrogens is 194 g/mol. The Kier molecular flexibility index (Phi) is 8.90. The van der Waals surface area contributed by atoms with E-state index in [9.17, 15) is 0 Å². The van der Waals surface area contributed by atoms with Crippen LogP contribution in [-0.4, -0.2) is 4.98 Å². The zero-order chi connectivity index (χ0) is 12.2. The lowest BCUT2D eigenvalue weighted by Crippen LogP contribution is -1.69. The second-order valence-corrected chi connectivity index (χ2v) is 3.34. The smallest absolute Gasteiger partial charge is 0.0297 e. The molecule has 0 aromatic carbocycles. The molecule has 1 aromatic heterocycles. The zero-order valence-corrected chi connectivity index (χ0v) is 10.5. The van der Waals surface area contributed by atoms with Gasteiger partial charge in [0, 0.05) is 12.4 Å². The van der Waals surface area contributed by atoms with Crippen molar-refractivity contribution in [3.05, 3.63) is 66.5 Å². The van der Waals surface area contributed by atoms with Crippen molar-refractivity contribution in [1.82, 2.24) is 4.98 Å². The van der Waals surface area contributed by atoms with Crippen LogP contribution in [0.4, 0.5) is 0 Å².